The number of nitro groups is 2. The molecule has 0 amide bonds. The third-order valence-corrected chi connectivity index (χ3v) is 3.96. The van der Waals surface area contributed by atoms with Crippen LogP contribution in [0.3, 0.4) is 0 Å². The third-order valence-electron chi connectivity index (χ3n) is 3.96. The Morgan fingerprint density at radius 2 is 0.766 bits per heavy atom. The van der Waals surface area contributed by atoms with Crippen molar-refractivity contribution in [2.75, 3.05) is 0 Å². The number of nitrogens with zero attached hydrogens (tertiary/aromatic N) is 8. The Balaban J connectivity index is -0.000000612. The van der Waals surface area contributed by atoms with Gasteiger partial charge in [-0.1, -0.05) is 12.1 Å². The molecule has 4 rings (SSSR count). The van der Waals surface area contributed by atoms with Gasteiger partial charge in [0.25, 0.3) is 11.4 Å². The number of benzene rings is 2. The van der Waals surface area contributed by atoms with Gasteiger partial charge in [-0.2, -0.15) is 0 Å². The van der Waals surface area contributed by atoms with Gasteiger partial charge in [-0.25, -0.2) is 47.2 Å². The SMILES string of the molecule is O.O.O=[N+]([O-])c1ccc(N=Nc2ccccn2)cc1.O=[N+]([O-])c1ccc(N=Nc2ccccn2)cc1.[O-][Cl+3]([O-])([O-])[O-].[O-][Cl+3]([O-])([O-])[O-].[Ru+2]. The molecule has 0 radical (unpaired) electrons. The molecule has 0 aliphatic carbocycles. The summed E-state index contributed by atoms with van der Waals surface area (Å²) in [5.74, 6) is 0.983. The minimum atomic E-state index is -4.94. The van der Waals surface area contributed by atoms with Crippen LogP contribution >= 0.6 is 0 Å². The van der Waals surface area contributed by atoms with Gasteiger partial charge >= 0.3 is 19.5 Å². The number of aromatic nitrogens is 2. The topological polar surface area (TPSA) is 409 Å². The zero-order valence-electron chi connectivity index (χ0n) is 22.8. The third kappa shape index (κ3) is 26.5. The summed E-state index contributed by atoms with van der Waals surface area (Å²) in [5.41, 5.74) is 1.14. The Morgan fingerprint density at radius 1 is 0.489 bits per heavy atom. The molecular weight excluding hydrogens is 772 g/mol. The van der Waals surface area contributed by atoms with E-state index in [-0.39, 0.29) is 41.8 Å². The quantitative estimate of drug-likeness (QED) is 0.0771. The van der Waals surface area contributed by atoms with Crippen LogP contribution in [0.2, 0.25) is 0 Å². The Hall–Kier alpha value is -4.46. The van der Waals surface area contributed by atoms with Crippen LogP contribution in [0.5, 0.6) is 0 Å². The predicted octanol–water partition coefficient (Wildman–Crippen LogP) is -4.35. The number of halogens is 2. The van der Waals surface area contributed by atoms with Crippen molar-refractivity contribution in [3.05, 3.63) is 118 Å². The second-order valence-corrected chi connectivity index (χ2v) is 8.59. The van der Waals surface area contributed by atoms with Crippen molar-refractivity contribution in [3.8, 4) is 0 Å². The van der Waals surface area contributed by atoms with Crippen LogP contribution in [0.4, 0.5) is 34.4 Å². The molecule has 0 spiro atoms. The molecule has 25 heteroatoms. The van der Waals surface area contributed by atoms with Crippen LogP contribution in [-0.4, -0.2) is 30.8 Å². The van der Waals surface area contributed by atoms with E-state index in [4.69, 9.17) is 37.3 Å². The number of hydrogen-bond acceptors (Lipinski definition) is 18. The largest absolute Gasteiger partial charge is 2.00 e. The van der Waals surface area contributed by atoms with Crippen molar-refractivity contribution in [1.29, 1.82) is 0 Å². The van der Waals surface area contributed by atoms with Gasteiger partial charge in [0.2, 0.25) is 0 Å². The number of hydrogen-bond donors (Lipinski definition) is 0. The van der Waals surface area contributed by atoms with E-state index in [0.717, 1.165) is 0 Å². The molecule has 0 saturated heterocycles. The molecule has 47 heavy (non-hydrogen) atoms. The van der Waals surface area contributed by atoms with E-state index in [9.17, 15) is 20.2 Å². The second kappa shape index (κ2) is 23.8. The van der Waals surface area contributed by atoms with Gasteiger partial charge in [0.1, 0.15) is 0 Å². The second-order valence-electron chi connectivity index (χ2n) is 7.08. The molecule has 0 aliphatic rings. The summed E-state index contributed by atoms with van der Waals surface area (Å²) in [6.45, 7) is 0. The summed E-state index contributed by atoms with van der Waals surface area (Å²) in [6, 6.07) is 22.3. The summed E-state index contributed by atoms with van der Waals surface area (Å²) in [6.07, 6.45) is 3.23. The van der Waals surface area contributed by atoms with Crippen LogP contribution in [-0.2, 0) is 19.5 Å². The van der Waals surface area contributed by atoms with Crippen molar-refractivity contribution in [3.63, 3.8) is 0 Å². The Labute approximate surface area is 279 Å². The number of non-ortho nitro benzene ring substituents is 2. The standard InChI is InChI=1S/2C11H8N4O2.2ClHO4.2H2O.Ru/c2*16-15(17)10-6-4-9(5-7-10)13-14-11-3-1-2-8-12-11;2*2-1(3,4)5;;;/h2*1-8H;2*(H,2,3,4,5);2*1H2;/q;;;;;;+2/p-2. The molecule has 0 fully saturated rings. The number of pyridine rings is 2. The maximum absolute atomic E-state index is 10.4. The molecule has 4 N–H and O–H groups in total. The van der Waals surface area contributed by atoms with Crippen molar-refractivity contribution < 1.29 is 98.0 Å². The molecule has 2 aromatic carbocycles. The van der Waals surface area contributed by atoms with Gasteiger partial charge in [-0.05, 0) is 48.5 Å². The molecule has 2 heterocycles. The maximum atomic E-state index is 10.4. The molecular formula is C22H20Cl2N8O14Ru. The fourth-order valence-electron chi connectivity index (χ4n) is 2.33. The van der Waals surface area contributed by atoms with Crippen LogP contribution in [0, 0.1) is 40.7 Å². The smallest absolute Gasteiger partial charge is 0.412 e. The minimum absolute atomic E-state index is 0. The first kappa shape index (κ1) is 47.0. The van der Waals surface area contributed by atoms with E-state index in [0.29, 0.717) is 23.0 Å². The summed E-state index contributed by atoms with van der Waals surface area (Å²) < 4.78 is 67.9. The van der Waals surface area contributed by atoms with Crippen molar-refractivity contribution in [2.45, 2.75) is 0 Å². The summed E-state index contributed by atoms with van der Waals surface area (Å²) >= 11 is 0. The van der Waals surface area contributed by atoms with Crippen LogP contribution in [0.15, 0.2) is 118 Å². The van der Waals surface area contributed by atoms with E-state index in [1.165, 1.54) is 48.5 Å². The number of azo groups is 2. The van der Waals surface area contributed by atoms with Crippen LogP contribution in [0.25, 0.3) is 0 Å². The van der Waals surface area contributed by atoms with Crippen molar-refractivity contribution in [1.82, 2.24) is 9.97 Å². The van der Waals surface area contributed by atoms with Gasteiger partial charge in [0.15, 0.2) is 11.6 Å². The minimum Gasteiger partial charge on any atom is -0.412 e. The number of rotatable bonds is 6. The number of nitro benzene ring substituents is 2. The van der Waals surface area contributed by atoms with Crippen molar-refractivity contribution in [2.24, 2.45) is 20.5 Å². The normalized spacial score (nSPS) is 10.2. The fourth-order valence-corrected chi connectivity index (χ4v) is 2.33. The van der Waals surface area contributed by atoms with E-state index in [1.54, 1.807) is 48.8 Å². The van der Waals surface area contributed by atoms with Gasteiger partial charge in [0.05, 0.1) is 21.2 Å². The maximum Gasteiger partial charge on any atom is 2.00 e. The molecule has 4 aromatic rings. The van der Waals surface area contributed by atoms with Crippen LogP contribution in [0.1, 0.15) is 0 Å². The van der Waals surface area contributed by atoms with Crippen molar-refractivity contribution >= 4 is 34.4 Å². The van der Waals surface area contributed by atoms with E-state index in [2.05, 4.69) is 30.4 Å². The predicted molar refractivity (Wildman–Crippen MR) is 130 cm³/mol. The molecule has 22 nitrogen and oxygen atoms in total. The average Bonchev–Trinajstić information content (AvgIpc) is 2.95. The van der Waals surface area contributed by atoms with E-state index in [1.807, 2.05) is 0 Å². The fraction of sp³-hybridized carbons (Fsp3) is 0. The molecule has 0 saturated carbocycles. The summed E-state index contributed by atoms with van der Waals surface area (Å²) in [5, 5.41) is 36.5. The molecule has 254 valence electrons. The van der Waals surface area contributed by atoms with Gasteiger partial charge < -0.3 is 11.0 Å². The van der Waals surface area contributed by atoms with E-state index < -0.39 is 30.3 Å². The molecule has 0 aliphatic heterocycles. The first-order valence-corrected chi connectivity index (χ1v) is 13.4. The molecule has 0 atom stereocenters. The van der Waals surface area contributed by atoms with Gasteiger partial charge in [-0.15, -0.1) is 40.9 Å². The van der Waals surface area contributed by atoms with Gasteiger partial charge in [-0.3, -0.25) is 20.2 Å². The Morgan fingerprint density at radius 3 is 0.979 bits per heavy atom. The summed E-state index contributed by atoms with van der Waals surface area (Å²) in [7, 11) is -9.89. The molecule has 2 aromatic heterocycles. The average molecular weight is 792 g/mol. The zero-order chi connectivity index (χ0) is 33.2. The van der Waals surface area contributed by atoms with Gasteiger partial charge in [0, 0.05) is 36.7 Å². The first-order valence-electron chi connectivity index (χ1n) is 10.9. The molecule has 0 unspecified atom stereocenters. The monoisotopic (exact) mass is 792 g/mol. The zero-order valence-corrected chi connectivity index (χ0v) is 26.1. The molecule has 0 bridgehead atoms. The Kier molecular flexibility index (Phi) is 23.8. The van der Waals surface area contributed by atoms with Crippen LogP contribution < -0.4 is 37.3 Å². The first-order chi connectivity index (χ1) is 20.5. The van der Waals surface area contributed by atoms with E-state index >= 15 is 0 Å². The summed E-state index contributed by atoms with van der Waals surface area (Å²) in [4.78, 5) is 27.9. The Bertz CT molecular complexity index is 1370.